The lowest BCUT2D eigenvalue weighted by atomic mass is 10.2. The molecule has 3 rings (SSSR count). The van der Waals surface area contributed by atoms with E-state index in [0.717, 1.165) is 16.2 Å². The van der Waals surface area contributed by atoms with E-state index >= 15 is 0 Å². The normalized spacial score (nSPS) is 11.1. The van der Waals surface area contributed by atoms with E-state index in [-0.39, 0.29) is 10.8 Å². The maximum atomic E-state index is 12.3. The second-order valence-electron chi connectivity index (χ2n) is 5.70. The van der Waals surface area contributed by atoms with Crippen molar-refractivity contribution < 1.29 is 13.2 Å². The fraction of sp³-hybridized carbons (Fsp3) is 0.0526. The Hall–Kier alpha value is -2.68. The van der Waals surface area contributed by atoms with Gasteiger partial charge in [-0.25, -0.2) is 13.6 Å². The molecule has 0 saturated carbocycles. The molecule has 3 aromatic rings. The maximum Gasteiger partial charge on any atom is 0.255 e. The summed E-state index contributed by atoms with van der Waals surface area (Å²) in [5, 5.41) is 7.83. The third-order valence-corrected chi connectivity index (χ3v) is 5.70. The highest BCUT2D eigenvalue weighted by molar-refractivity contribution is 7.98. The van der Waals surface area contributed by atoms with Gasteiger partial charge in [-0.2, -0.15) is 0 Å². The second-order valence-corrected chi connectivity index (χ2v) is 8.31. The van der Waals surface area contributed by atoms with Crippen LogP contribution in [0.2, 0.25) is 0 Å². The number of hydrogen-bond acceptors (Lipinski definition) is 5. The summed E-state index contributed by atoms with van der Waals surface area (Å²) in [4.78, 5) is 17.4. The van der Waals surface area contributed by atoms with Crippen molar-refractivity contribution in [2.45, 2.75) is 15.5 Å². The monoisotopic (exact) mass is 399 g/mol. The Morgan fingerprint density at radius 1 is 1.04 bits per heavy atom. The summed E-state index contributed by atoms with van der Waals surface area (Å²) in [6, 6.07) is 16.9. The molecule has 0 bridgehead atoms. The topological polar surface area (TPSA) is 102 Å². The molecule has 0 radical (unpaired) electrons. The standard InChI is InChI=1S/C19H17N3O3S2/c20-27(24,25)18-9-3-15(4-10-18)19(23)22-16-5-7-17(8-6-16)26-13-14-2-1-11-21-12-14/h1-12H,13H2,(H,22,23)(H2,20,24,25). The van der Waals surface area contributed by atoms with E-state index in [9.17, 15) is 13.2 Å². The largest absolute Gasteiger partial charge is 0.322 e. The van der Waals surface area contributed by atoms with Gasteiger partial charge in [-0.1, -0.05) is 6.07 Å². The number of rotatable bonds is 6. The van der Waals surface area contributed by atoms with Gasteiger partial charge in [0.05, 0.1) is 4.90 Å². The van der Waals surface area contributed by atoms with Crippen LogP contribution in [0.4, 0.5) is 5.69 Å². The summed E-state index contributed by atoms with van der Waals surface area (Å²) in [5.74, 6) is 0.488. The summed E-state index contributed by atoms with van der Waals surface area (Å²) >= 11 is 1.68. The number of benzene rings is 2. The molecule has 2 aromatic carbocycles. The predicted molar refractivity (Wildman–Crippen MR) is 106 cm³/mol. The minimum absolute atomic E-state index is 0.0333. The van der Waals surface area contributed by atoms with Crippen molar-refractivity contribution in [2.24, 2.45) is 5.14 Å². The molecule has 1 heterocycles. The average Bonchev–Trinajstić information content (AvgIpc) is 2.68. The maximum absolute atomic E-state index is 12.3. The summed E-state index contributed by atoms with van der Waals surface area (Å²) in [6.45, 7) is 0. The first-order valence-corrected chi connectivity index (χ1v) is 10.5. The number of anilines is 1. The minimum atomic E-state index is -3.77. The molecule has 0 aliphatic rings. The molecular weight excluding hydrogens is 382 g/mol. The van der Waals surface area contributed by atoms with Gasteiger partial charge in [-0.15, -0.1) is 11.8 Å². The van der Waals surface area contributed by atoms with Crippen molar-refractivity contribution in [3.63, 3.8) is 0 Å². The Balaban J connectivity index is 1.60. The number of hydrogen-bond donors (Lipinski definition) is 2. The first-order chi connectivity index (χ1) is 12.9. The van der Waals surface area contributed by atoms with Crippen LogP contribution >= 0.6 is 11.8 Å². The van der Waals surface area contributed by atoms with Crippen molar-refractivity contribution in [3.8, 4) is 0 Å². The van der Waals surface area contributed by atoms with Crippen molar-refractivity contribution in [2.75, 3.05) is 5.32 Å². The van der Waals surface area contributed by atoms with E-state index in [4.69, 9.17) is 5.14 Å². The average molecular weight is 399 g/mol. The molecule has 3 N–H and O–H groups in total. The number of amides is 1. The van der Waals surface area contributed by atoms with Crippen LogP contribution in [0.1, 0.15) is 15.9 Å². The van der Waals surface area contributed by atoms with Crippen LogP contribution in [0.5, 0.6) is 0 Å². The van der Waals surface area contributed by atoms with E-state index < -0.39 is 10.0 Å². The van der Waals surface area contributed by atoms with Gasteiger partial charge in [0, 0.05) is 34.3 Å². The number of nitrogens with one attached hydrogen (secondary N) is 1. The van der Waals surface area contributed by atoms with E-state index in [1.54, 1.807) is 18.0 Å². The molecule has 0 atom stereocenters. The predicted octanol–water partition coefficient (Wildman–Crippen LogP) is 3.27. The molecule has 0 fully saturated rings. The number of nitrogens with two attached hydrogens (primary N) is 1. The number of primary sulfonamides is 1. The molecule has 8 heteroatoms. The lowest BCUT2D eigenvalue weighted by Crippen LogP contribution is -2.14. The first kappa shape index (κ1) is 19.1. The Labute approximate surface area is 161 Å². The van der Waals surface area contributed by atoms with Gasteiger partial charge in [0.1, 0.15) is 0 Å². The van der Waals surface area contributed by atoms with Crippen molar-refractivity contribution in [3.05, 3.63) is 84.2 Å². The Morgan fingerprint density at radius 2 is 1.74 bits per heavy atom. The van der Waals surface area contributed by atoms with Gasteiger partial charge in [0.2, 0.25) is 10.0 Å². The van der Waals surface area contributed by atoms with E-state index in [0.29, 0.717) is 11.3 Å². The van der Waals surface area contributed by atoms with Crippen LogP contribution in [0.25, 0.3) is 0 Å². The quantitative estimate of drug-likeness (QED) is 0.619. The molecular formula is C19H17N3O3S2. The highest BCUT2D eigenvalue weighted by Gasteiger charge is 2.10. The SMILES string of the molecule is NS(=O)(=O)c1ccc(C(=O)Nc2ccc(SCc3cccnc3)cc2)cc1. The van der Waals surface area contributed by atoms with Crippen molar-refractivity contribution in [1.82, 2.24) is 4.98 Å². The fourth-order valence-corrected chi connectivity index (χ4v) is 3.63. The zero-order valence-electron chi connectivity index (χ0n) is 14.2. The number of sulfonamides is 1. The van der Waals surface area contributed by atoms with Gasteiger partial charge in [0.15, 0.2) is 0 Å². The molecule has 0 aliphatic carbocycles. The number of thioether (sulfide) groups is 1. The molecule has 1 aromatic heterocycles. The van der Waals surface area contributed by atoms with Gasteiger partial charge in [-0.3, -0.25) is 9.78 Å². The first-order valence-electron chi connectivity index (χ1n) is 7.98. The smallest absolute Gasteiger partial charge is 0.255 e. The third-order valence-electron chi connectivity index (χ3n) is 3.69. The number of aromatic nitrogens is 1. The molecule has 1 amide bonds. The summed E-state index contributed by atoms with van der Waals surface area (Å²) in [5.41, 5.74) is 2.14. The molecule has 0 unspecified atom stereocenters. The number of pyridine rings is 1. The summed E-state index contributed by atoms with van der Waals surface area (Å²) in [6.07, 6.45) is 3.58. The van der Waals surface area contributed by atoms with Crippen LogP contribution in [-0.4, -0.2) is 19.3 Å². The van der Waals surface area contributed by atoms with Gasteiger partial charge < -0.3 is 5.32 Å². The van der Waals surface area contributed by atoms with E-state index in [2.05, 4.69) is 10.3 Å². The van der Waals surface area contributed by atoms with Gasteiger partial charge >= 0.3 is 0 Å². The van der Waals surface area contributed by atoms with Gasteiger partial charge in [0.25, 0.3) is 5.91 Å². The molecule has 6 nitrogen and oxygen atoms in total. The molecule has 27 heavy (non-hydrogen) atoms. The van der Waals surface area contributed by atoms with Crippen LogP contribution in [-0.2, 0) is 15.8 Å². The summed E-state index contributed by atoms with van der Waals surface area (Å²) in [7, 11) is -3.77. The van der Waals surface area contributed by atoms with Crippen molar-refractivity contribution in [1.29, 1.82) is 0 Å². The zero-order valence-corrected chi connectivity index (χ0v) is 15.8. The van der Waals surface area contributed by atoms with E-state index in [1.807, 2.05) is 42.6 Å². The molecule has 0 saturated heterocycles. The number of nitrogens with zero attached hydrogens (tertiary/aromatic N) is 1. The highest BCUT2D eigenvalue weighted by atomic mass is 32.2. The molecule has 0 aliphatic heterocycles. The second kappa shape index (κ2) is 8.34. The van der Waals surface area contributed by atoms with Crippen LogP contribution in [0.3, 0.4) is 0 Å². The van der Waals surface area contributed by atoms with Crippen LogP contribution < -0.4 is 10.5 Å². The molecule has 138 valence electrons. The summed E-state index contributed by atoms with van der Waals surface area (Å²) < 4.78 is 22.5. The third kappa shape index (κ3) is 5.40. The lowest BCUT2D eigenvalue weighted by Gasteiger charge is -2.07. The number of carbonyl (C=O) groups excluding carboxylic acids is 1. The highest BCUT2D eigenvalue weighted by Crippen LogP contribution is 2.24. The van der Waals surface area contributed by atoms with Crippen LogP contribution in [0.15, 0.2) is 82.8 Å². The Bertz CT molecular complexity index is 1020. The fourth-order valence-electron chi connectivity index (χ4n) is 2.28. The van der Waals surface area contributed by atoms with E-state index in [1.165, 1.54) is 24.3 Å². The lowest BCUT2D eigenvalue weighted by molar-refractivity contribution is 0.102. The Morgan fingerprint density at radius 3 is 2.33 bits per heavy atom. The van der Waals surface area contributed by atoms with Crippen molar-refractivity contribution >= 4 is 33.4 Å². The number of carbonyl (C=O) groups is 1. The zero-order chi connectivity index (χ0) is 19.3. The molecule has 0 spiro atoms. The minimum Gasteiger partial charge on any atom is -0.322 e. The van der Waals surface area contributed by atoms with Gasteiger partial charge in [-0.05, 0) is 60.2 Å². The van der Waals surface area contributed by atoms with Crippen LogP contribution in [0, 0.1) is 0 Å². The Kier molecular flexibility index (Phi) is 5.90.